The number of carbonyl (C=O) groups excluding carboxylic acids is 1. The van der Waals surface area contributed by atoms with Crippen LogP contribution in [-0.2, 0) is 23.7 Å². The van der Waals surface area contributed by atoms with Crippen LogP contribution in [-0.4, -0.2) is 47.9 Å². The largest absolute Gasteiger partial charge is 0.416 e. The second kappa shape index (κ2) is 11.4. The van der Waals surface area contributed by atoms with Crippen LogP contribution in [0.25, 0.3) is 0 Å². The van der Waals surface area contributed by atoms with Gasteiger partial charge in [0.15, 0.2) is 0 Å². The zero-order chi connectivity index (χ0) is 26.6. The molecular weight excluding hydrogens is 496 g/mol. The third-order valence-electron chi connectivity index (χ3n) is 7.28. The van der Waals surface area contributed by atoms with Gasteiger partial charge in [-0.15, -0.1) is 0 Å². The highest BCUT2D eigenvalue weighted by Gasteiger charge is 2.37. The zero-order valence-corrected chi connectivity index (χ0v) is 20.4. The molecule has 1 atom stereocenters. The molecule has 1 amide bonds. The molecule has 2 aliphatic rings. The maximum atomic E-state index is 13.4. The molecule has 0 radical (unpaired) electrons. The van der Waals surface area contributed by atoms with E-state index in [-0.39, 0.29) is 11.6 Å². The van der Waals surface area contributed by atoms with Crippen molar-refractivity contribution < 1.29 is 31.1 Å². The lowest BCUT2D eigenvalue weighted by molar-refractivity contribution is -0.143. The number of nitrogens with zero attached hydrogens (tertiary/aromatic N) is 2. The van der Waals surface area contributed by atoms with Crippen LogP contribution in [0.1, 0.15) is 60.4 Å². The highest BCUT2D eigenvalue weighted by molar-refractivity contribution is 5.83. The number of halogens is 6. The van der Waals surface area contributed by atoms with Gasteiger partial charge in [0.25, 0.3) is 0 Å². The van der Waals surface area contributed by atoms with E-state index in [1.165, 1.54) is 32.1 Å². The summed E-state index contributed by atoms with van der Waals surface area (Å²) in [6, 6.07) is 10.3. The standard InChI is InChI=1S/C27H31F6N3O/c28-26(29,30)21-15-19(16-22(17-21)27(31,32)33)18-34-25(37)24(20-7-3-1-4-8-20)36-13-11-35(12-14-36)23-9-5-2-6-10-23/h1,3-4,7-8,15-17,23-24H,2,5-6,9-14,18H2,(H,34,37). The molecule has 4 nitrogen and oxygen atoms in total. The fourth-order valence-electron chi connectivity index (χ4n) is 5.38. The van der Waals surface area contributed by atoms with Gasteiger partial charge < -0.3 is 5.32 Å². The van der Waals surface area contributed by atoms with Gasteiger partial charge in [0, 0.05) is 38.8 Å². The highest BCUT2D eigenvalue weighted by Crippen LogP contribution is 2.36. The first-order chi connectivity index (χ1) is 17.5. The number of piperazine rings is 1. The molecule has 1 unspecified atom stereocenters. The van der Waals surface area contributed by atoms with Gasteiger partial charge in [0.2, 0.25) is 5.91 Å². The van der Waals surface area contributed by atoms with Gasteiger partial charge in [-0.2, -0.15) is 26.3 Å². The molecule has 1 saturated heterocycles. The summed E-state index contributed by atoms with van der Waals surface area (Å²) >= 11 is 0. The number of nitrogens with one attached hydrogen (secondary N) is 1. The number of rotatable bonds is 6. The van der Waals surface area contributed by atoms with Gasteiger partial charge >= 0.3 is 12.4 Å². The molecule has 1 heterocycles. The minimum Gasteiger partial charge on any atom is -0.350 e. The first-order valence-electron chi connectivity index (χ1n) is 12.6. The summed E-state index contributed by atoms with van der Waals surface area (Å²) in [7, 11) is 0. The Bertz CT molecular complexity index is 1010. The molecule has 1 N–H and O–H groups in total. The molecule has 0 spiro atoms. The minimum atomic E-state index is -4.94. The molecule has 202 valence electrons. The third kappa shape index (κ3) is 7.04. The van der Waals surface area contributed by atoms with Crippen LogP contribution in [0.2, 0.25) is 0 Å². The Labute approximate surface area is 212 Å². The van der Waals surface area contributed by atoms with E-state index < -0.39 is 42.0 Å². The lowest BCUT2D eigenvalue weighted by Gasteiger charge is -2.43. The number of alkyl halides is 6. The topological polar surface area (TPSA) is 35.6 Å². The van der Waals surface area contributed by atoms with Crippen molar-refractivity contribution in [3.8, 4) is 0 Å². The van der Waals surface area contributed by atoms with Crippen molar-refractivity contribution in [1.29, 1.82) is 0 Å². The van der Waals surface area contributed by atoms with E-state index in [1.54, 1.807) is 12.1 Å². The van der Waals surface area contributed by atoms with E-state index >= 15 is 0 Å². The monoisotopic (exact) mass is 527 g/mol. The predicted molar refractivity (Wildman–Crippen MR) is 127 cm³/mol. The van der Waals surface area contributed by atoms with Crippen molar-refractivity contribution in [3.63, 3.8) is 0 Å². The van der Waals surface area contributed by atoms with Gasteiger partial charge in [-0.25, -0.2) is 0 Å². The molecule has 1 aliphatic heterocycles. The summed E-state index contributed by atoms with van der Waals surface area (Å²) in [5.74, 6) is -0.455. The van der Waals surface area contributed by atoms with Crippen LogP contribution in [0.5, 0.6) is 0 Å². The second-order valence-electron chi connectivity index (χ2n) is 9.81. The first-order valence-corrected chi connectivity index (χ1v) is 12.6. The molecule has 2 fully saturated rings. The Balaban J connectivity index is 1.49. The summed E-state index contributed by atoms with van der Waals surface area (Å²) < 4.78 is 79.4. The van der Waals surface area contributed by atoms with E-state index in [9.17, 15) is 31.1 Å². The number of carbonyl (C=O) groups is 1. The van der Waals surface area contributed by atoms with Crippen molar-refractivity contribution in [3.05, 3.63) is 70.8 Å². The van der Waals surface area contributed by atoms with Gasteiger partial charge in [0.1, 0.15) is 6.04 Å². The summed E-state index contributed by atoms with van der Waals surface area (Å²) in [6.07, 6.45) is -3.80. The van der Waals surface area contributed by atoms with Crippen molar-refractivity contribution in [2.24, 2.45) is 0 Å². The van der Waals surface area contributed by atoms with Crippen LogP contribution in [0.4, 0.5) is 26.3 Å². The van der Waals surface area contributed by atoms with Gasteiger partial charge in [-0.05, 0) is 42.2 Å². The predicted octanol–water partition coefficient (Wildman–Crippen LogP) is 6.03. The normalized spacial score (nSPS) is 19.5. The van der Waals surface area contributed by atoms with Gasteiger partial charge in [0.05, 0.1) is 11.1 Å². The highest BCUT2D eigenvalue weighted by atomic mass is 19.4. The molecule has 2 aromatic rings. The molecule has 10 heteroatoms. The lowest BCUT2D eigenvalue weighted by atomic mass is 9.93. The maximum Gasteiger partial charge on any atom is 0.416 e. The number of benzene rings is 2. The van der Waals surface area contributed by atoms with E-state index in [0.29, 0.717) is 31.3 Å². The Morgan fingerprint density at radius 3 is 1.95 bits per heavy atom. The smallest absolute Gasteiger partial charge is 0.350 e. The quantitative estimate of drug-likeness (QED) is 0.466. The molecule has 1 aliphatic carbocycles. The van der Waals surface area contributed by atoms with Crippen LogP contribution >= 0.6 is 0 Å². The van der Waals surface area contributed by atoms with E-state index in [1.807, 2.05) is 23.1 Å². The zero-order valence-electron chi connectivity index (χ0n) is 20.4. The Morgan fingerprint density at radius 1 is 0.838 bits per heavy atom. The minimum absolute atomic E-state index is 0.0872. The molecule has 0 bridgehead atoms. The number of hydrogen-bond acceptors (Lipinski definition) is 3. The second-order valence-corrected chi connectivity index (χ2v) is 9.81. The molecule has 4 rings (SSSR count). The molecule has 2 aromatic carbocycles. The van der Waals surface area contributed by atoms with Crippen molar-refractivity contribution in [2.75, 3.05) is 26.2 Å². The van der Waals surface area contributed by atoms with Crippen molar-refractivity contribution in [1.82, 2.24) is 15.1 Å². The molecular formula is C27H31F6N3O. The van der Waals surface area contributed by atoms with Crippen LogP contribution in [0.3, 0.4) is 0 Å². The van der Waals surface area contributed by atoms with E-state index in [4.69, 9.17) is 0 Å². The van der Waals surface area contributed by atoms with E-state index in [0.717, 1.165) is 18.7 Å². The average Bonchev–Trinajstić information content (AvgIpc) is 2.88. The maximum absolute atomic E-state index is 13.4. The third-order valence-corrected chi connectivity index (χ3v) is 7.28. The Hall–Kier alpha value is -2.59. The fraction of sp³-hybridized carbons (Fsp3) is 0.519. The number of hydrogen-bond donors (Lipinski definition) is 1. The molecule has 1 saturated carbocycles. The molecule has 0 aromatic heterocycles. The first kappa shape index (κ1) is 27.4. The molecule has 37 heavy (non-hydrogen) atoms. The SMILES string of the molecule is O=C(NCc1cc(C(F)(F)F)cc(C(F)(F)F)c1)C(c1ccccc1)N1CCN(C2CCCCC2)CC1. The lowest BCUT2D eigenvalue weighted by Crippen LogP contribution is -2.53. The van der Waals surface area contributed by atoms with Gasteiger partial charge in [-0.3, -0.25) is 14.6 Å². The summed E-state index contributed by atoms with van der Waals surface area (Å²) in [4.78, 5) is 17.9. The average molecular weight is 528 g/mol. The summed E-state index contributed by atoms with van der Waals surface area (Å²) in [5.41, 5.74) is -2.33. The summed E-state index contributed by atoms with van der Waals surface area (Å²) in [6.45, 7) is 2.46. The van der Waals surface area contributed by atoms with E-state index in [2.05, 4.69) is 10.2 Å². The van der Waals surface area contributed by atoms with Gasteiger partial charge in [-0.1, -0.05) is 49.6 Å². The number of amides is 1. The Morgan fingerprint density at radius 2 is 1.41 bits per heavy atom. The van der Waals surface area contributed by atoms with Crippen LogP contribution < -0.4 is 5.32 Å². The van der Waals surface area contributed by atoms with Crippen molar-refractivity contribution in [2.45, 2.75) is 63.1 Å². The summed E-state index contributed by atoms with van der Waals surface area (Å²) in [5, 5.41) is 2.60. The van der Waals surface area contributed by atoms with Crippen LogP contribution in [0, 0.1) is 0 Å². The Kier molecular flexibility index (Phi) is 8.48. The van der Waals surface area contributed by atoms with Crippen LogP contribution in [0.15, 0.2) is 48.5 Å². The fourth-order valence-corrected chi connectivity index (χ4v) is 5.38. The van der Waals surface area contributed by atoms with Crippen molar-refractivity contribution >= 4 is 5.91 Å².